The van der Waals surface area contributed by atoms with Crippen molar-refractivity contribution in [2.45, 2.75) is 33.6 Å². The number of carbonyl (C=O) groups is 1. The molecule has 0 atom stereocenters. The van der Waals surface area contributed by atoms with Gasteiger partial charge in [-0.15, -0.1) is 0 Å². The zero-order valence-corrected chi connectivity index (χ0v) is 15.8. The smallest absolute Gasteiger partial charge is 0.277 e. The number of rotatable bonds is 6. The second-order valence-electron chi connectivity index (χ2n) is 5.82. The van der Waals surface area contributed by atoms with Gasteiger partial charge in [0.15, 0.2) is 6.61 Å². The summed E-state index contributed by atoms with van der Waals surface area (Å²) in [6.07, 6.45) is 1.45. The molecule has 0 saturated carbocycles. The molecule has 1 N–H and O–H groups in total. The predicted octanol–water partition coefficient (Wildman–Crippen LogP) is 4.31. The number of amides is 1. The van der Waals surface area contributed by atoms with Crippen LogP contribution in [-0.4, -0.2) is 18.7 Å². The third kappa shape index (κ3) is 4.96. The van der Waals surface area contributed by atoms with Crippen molar-refractivity contribution in [1.29, 1.82) is 0 Å². The van der Waals surface area contributed by atoms with Gasteiger partial charge in [-0.2, -0.15) is 5.10 Å². The van der Waals surface area contributed by atoms with Crippen LogP contribution in [0.2, 0.25) is 0 Å². The van der Waals surface area contributed by atoms with E-state index in [0.29, 0.717) is 17.4 Å². The Balaban J connectivity index is 1.94. The highest BCUT2D eigenvalue weighted by molar-refractivity contribution is 9.10. The van der Waals surface area contributed by atoms with Gasteiger partial charge in [-0.1, -0.05) is 29.8 Å². The molecule has 1 aromatic carbocycles. The molecule has 0 unspecified atom stereocenters. The van der Waals surface area contributed by atoms with Crippen molar-refractivity contribution in [3.8, 4) is 5.75 Å². The lowest BCUT2D eigenvalue weighted by Crippen LogP contribution is -2.25. The van der Waals surface area contributed by atoms with Crippen molar-refractivity contribution in [3.05, 3.63) is 51.4 Å². The topological polar surface area (TPSA) is 63.8 Å². The van der Waals surface area contributed by atoms with E-state index < -0.39 is 0 Å². The normalized spacial score (nSPS) is 11.2. The van der Waals surface area contributed by atoms with E-state index in [1.165, 1.54) is 6.21 Å². The summed E-state index contributed by atoms with van der Waals surface area (Å²) >= 11 is 3.52. The molecule has 2 rings (SSSR count). The molecule has 128 valence electrons. The van der Waals surface area contributed by atoms with Crippen LogP contribution in [0.5, 0.6) is 5.75 Å². The van der Waals surface area contributed by atoms with Gasteiger partial charge < -0.3 is 9.15 Å². The maximum absolute atomic E-state index is 11.9. The molecule has 0 aliphatic rings. The van der Waals surface area contributed by atoms with Gasteiger partial charge in [0.1, 0.15) is 17.3 Å². The number of hydrogen-bond donors (Lipinski definition) is 1. The van der Waals surface area contributed by atoms with Gasteiger partial charge in [0.2, 0.25) is 0 Å². The number of halogens is 1. The zero-order chi connectivity index (χ0) is 17.7. The Bertz CT molecular complexity index is 751. The molecule has 0 spiro atoms. The van der Waals surface area contributed by atoms with E-state index in [9.17, 15) is 4.79 Å². The number of nitrogens with zero attached hydrogens (tertiary/aromatic N) is 1. The summed E-state index contributed by atoms with van der Waals surface area (Å²) in [5, 5.41) is 3.85. The number of benzene rings is 1. The fourth-order valence-corrected chi connectivity index (χ4v) is 2.47. The first-order valence-electron chi connectivity index (χ1n) is 7.68. The summed E-state index contributed by atoms with van der Waals surface area (Å²) < 4.78 is 12.0. The van der Waals surface area contributed by atoms with Crippen LogP contribution in [-0.2, 0) is 4.79 Å². The maximum atomic E-state index is 11.9. The minimum Gasteiger partial charge on any atom is -0.483 e. The fourth-order valence-electron chi connectivity index (χ4n) is 2.11. The molecule has 0 aliphatic heterocycles. The SMILES string of the molecule is Cc1ccc(/C=N/NC(=O)COc2cc(C)c(Br)cc2C(C)C)o1. The molecule has 6 heteroatoms. The van der Waals surface area contributed by atoms with Crippen molar-refractivity contribution >= 4 is 28.1 Å². The lowest BCUT2D eigenvalue weighted by molar-refractivity contribution is -0.123. The Kier molecular flexibility index (Phi) is 6.20. The van der Waals surface area contributed by atoms with Crippen molar-refractivity contribution in [3.63, 3.8) is 0 Å². The average molecular weight is 393 g/mol. The molecule has 0 saturated heterocycles. The zero-order valence-electron chi connectivity index (χ0n) is 14.2. The van der Waals surface area contributed by atoms with Crippen LogP contribution in [0.4, 0.5) is 0 Å². The van der Waals surface area contributed by atoms with Gasteiger partial charge in [0.05, 0.1) is 6.21 Å². The van der Waals surface area contributed by atoms with Crippen molar-refractivity contribution in [2.24, 2.45) is 5.10 Å². The van der Waals surface area contributed by atoms with E-state index in [4.69, 9.17) is 9.15 Å². The quantitative estimate of drug-likeness (QED) is 0.588. The highest BCUT2D eigenvalue weighted by Crippen LogP contribution is 2.32. The van der Waals surface area contributed by atoms with Gasteiger partial charge >= 0.3 is 0 Å². The molecule has 5 nitrogen and oxygen atoms in total. The monoisotopic (exact) mass is 392 g/mol. The average Bonchev–Trinajstić information content (AvgIpc) is 2.93. The van der Waals surface area contributed by atoms with E-state index in [1.54, 1.807) is 6.07 Å². The van der Waals surface area contributed by atoms with Crippen LogP contribution in [0.1, 0.15) is 42.4 Å². The van der Waals surface area contributed by atoms with Crippen molar-refractivity contribution in [2.75, 3.05) is 6.61 Å². The Labute approximate surface area is 150 Å². The van der Waals surface area contributed by atoms with Crippen LogP contribution >= 0.6 is 15.9 Å². The number of aryl methyl sites for hydroxylation is 2. The van der Waals surface area contributed by atoms with Gasteiger partial charge in [0.25, 0.3) is 5.91 Å². The summed E-state index contributed by atoms with van der Waals surface area (Å²) in [5.41, 5.74) is 4.53. The first kappa shape index (κ1) is 18.3. The van der Waals surface area contributed by atoms with Crippen molar-refractivity contribution in [1.82, 2.24) is 5.43 Å². The fraction of sp³-hybridized carbons (Fsp3) is 0.333. The Hall–Kier alpha value is -2.08. The van der Waals surface area contributed by atoms with E-state index in [-0.39, 0.29) is 12.5 Å². The van der Waals surface area contributed by atoms with Crippen LogP contribution in [0.25, 0.3) is 0 Å². The molecular weight excluding hydrogens is 372 g/mol. The number of furan rings is 1. The highest BCUT2D eigenvalue weighted by atomic mass is 79.9. The van der Waals surface area contributed by atoms with E-state index in [0.717, 1.165) is 21.4 Å². The number of hydrazone groups is 1. The Morgan fingerprint density at radius 2 is 2.12 bits per heavy atom. The first-order chi connectivity index (χ1) is 11.4. The molecule has 0 fully saturated rings. The third-order valence-corrected chi connectivity index (χ3v) is 4.27. The summed E-state index contributed by atoms with van der Waals surface area (Å²) in [6.45, 7) is 7.89. The van der Waals surface area contributed by atoms with Gasteiger partial charge in [-0.05, 0) is 55.2 Å². The van der Waals surface area contributed by atoms with Gasteiger partial charge in [-0.3, -0.25) is 4.79 Å². The largest absolute Gasteiger partial charge is 0.483 e. The van der Waals surface area contributed by atoms with Crippen LogP contribution in [0.3, 0.4) is 0 Å². The summed E-state index contributed by atoms with van der Waals surface area (Å²) in [6, 6.07) is 7.57. The number of nitrogens with one attached hydrogen (secondary N) is 1. The molecule has 0 bridgehead atoms. The van der Waals surface area contributed by atoms with Crippen LogP contribution in [0, 0.1) is 13.8 Å². The molecule has 0 aliphatic carbocycles. The van der Waals surface area contributed by atoms with E-state index >= 15 is 0 Å². The number of carbonyl (C=O) groups excluding carboxylic acids is 1. The van der Waals surface area contributed by atoms with Gasteiger partial charge in [0, 0.05) is 4.47 Å². The summed E-state index contributed by atoms with van der Waals surface area (Å²) in [7, 11) is 0. The molecule has 24 heavy (non-hydrogen) atoms. The molecule has 1 amide bonds. The number of hydrogen-bond acceptors (Lipinski definition) is 4. The Morgan fingerprint density at radius 3 is 2.75 bits per heavy atom. The maximum Gasteiger partial charge on any atom is 0.277 e. The number of ether oxygens (including phenoxy) is 1. The molecule has 2 aromatic rings. The van der Waals surface area contributed by atoms with E-state index in [2.05, 4.69) is 40.3 Å². The Morgan fingerprint density at radius 1 is 1.38 bits per heavy atom. The second kappa shape index (κ2) is 8.15. The minimum absolute atomic E-state index is 0.102. The molecular formula is C18H21BrN2O3. The molecule has 1 aromatic heterocycles. The minimum atomic E-state index is -0.329. The lowest BCUT2D eigenvalue weighted by atomic mass is 10.0. The second-order valence-corrected chi connectivity index (χ2v) is 6.68. The standard InChI is InChI=1S/C18H21BrN2O3/c1-11(2)15-8-16(19)12(3)7-17(15)23-10-18(22)21-20-9-14-6-5-13(4)24-14/h5-9,11H,10H2,1-4H3,(H,21,22)/b20-9+. The van der Waals surface area contributed by atoms with Crippen molar-refractivity contribution < 1.29 is 13.9 Å². The summed E-state index contributed by atoms with van der Waals surface area (Å²) in [5.74, 6) is 2.05. The third-order valence-electron chi connectivity index (χ3n) is 3.41. The predicted molar refractivity (Wildman–Crippen MR) is 97.6 cm³/mol. The van der Waals surface area contributed by atoms with E-state index in [1.807, 2.05) is 32.0 Å². The van der Waals surface area contributed by atoms with Crippen LogP contribution in [0.15, 0.2) is 38.3 Å². The molecule has 1 heterocycles. The van der Waals surface area contributed by atoms with Crippen LogP contribution < -0.4 is 10.2 Å². The highest BCUT2D eigenvalue weighted by Gasteiger charge is 2.12. The van der Waals surface area contributed by atoms with Gasteiger partial charge in [-0.25, -0.2) is 5.43 Å². The molecule has 0 radical (unpaired) electrons. The first-order valence-corrected chi connectivity index (χ1v) is 8.47. The summed E-state index contributed by atoms with van der Waals surface area (Å²) in [4.78, 5) is 11.9. The lowest BCUT2D eigenvalue weighted by Gasteiger charge is -2.15.